The highest BCUT2D eigenvalue weighted by molar-refractivity contribution is 4.91. The van der Waals surface area contributed by atoms with Crippen LogP contribution in [0.4, 0.5) is 0 Å². The van der Waals surface area contributed by atoms with Crippen LogP contribution >= 0.6 is 0 Å². The van der Waals surface area contributed by atoms with E-state index in [0.717, 1.165) is 11.8 Å². The van der Waals surface area contributed by atoms with Gasteiger partial charge in [-0.05, 0) is 43.9 Å². The molecule has 0 aliphatic heterocycles. The third-order valence-corrected chi connectivity index (χ3v) is 3.41. The summed E-state index contributed by atoms with van der Waals surface area (Å²) in [6.45, 7) is 1.95. The van der Waals surface area contributed by atoms with Crippen LogP contribution in [0.5, 0.6) is 0 Å². The van der Waals surface area contributed by atoms with Crippen LogP contribution in [0.1, 0.15) is 32.6 Å². The zero-order valence-corrected chi connectivity index (χ0v) is 6.59. The fraction of sp³-hybridized carbons (Fsp3) is 1.00. The van der Waals surface area contributed by atoms with Crippen molar-refractivity contribution in [3.05, 3.63) is 0 Å². The summed E-state index contributed by atoms with van der Waals surface area (Å²) in [5.41, 5.74) is 0. The summed E-state index contributed by atoms with van der Waals surface area (Å²) in [6.07, 6.45) is 5.50. The van der Waals surface area contributed by atoms with Gasteiger partial charge < -0.3 is 5.11 Å². The number of hydrogen-bond donors (Lipinski definition) is 1. The Morgan fingerprint density at radius 1 is 1.30 bits per heavy atom. The average molecular weight is 140 g/mol. The van der Waals surface area contributed by atoms with Crippen molar-refractivity contribution in [2.75, 3.05) is 0 Å². The molecule has 2 aliphatic carbocycles. The average Bonchev–Trinajstić information content (AvgIpc) is 2.44. The Kier molecular flexibility index (Phi) is 1.48. The van der Waals surface area contributed by atoms with Crippen molar-refractivity contribution in [3.8, 4) is 0 Å². The Hall–Kier alpha value is -0.0400. The summed E-state index contributed by atoms with van der Waals surface area (Å²) in [7, 11) is 0. The van der Waals surface area contributed by atoms with Crippen molar-refractivity contribution in [2.24, 2.45) is 17.8 Å². The second kappa shape index (κ2) is 2.23. The SMILES string of the molecule is C[C@H](O)[C@@H]1C[C@@H]2CC[C@H]1C2. The van der Waals surface area contributed by atoms with Crippen molar-refractivity contribution < 1.29 is 5.11 Å². The van der Waals surface area contributed by atoms with Gasteiger partial charge in [-0.3, -0.25) is 0 Å². The van der Waals surface area contributed by atoms with Gasteiger partial charge in [0.15, 0.2) is 0 Å². The molecule has 0 spiro atoms. The molecular formula is C9H16O. The largest absolute Gasteiger partial charge is 0.393 e. The summed E-state index contributed by atoms with van der Waals surface area (Å²) < 4.78 is 0. The molecule has 2 saturated carbocycles. The zero-order valence-electron chi connectivity index (χ0n) is 6.59. The van der Waals surface area contributed by atoms with Gasteiger partial charge in [0.1, 0.15) is 0 Å². The first-order valence-corrected chi connectivity index (χ1v) is 4.45. The van der Waals surface area contributed by atoms with Gasteiger partial charge in [0, 0.05) is 0 Å². The molecule has 0 unspecified atom stereocenters. The quantitative estimate of drug-likeness (QED) is 0.589. The predicted octanol–water partition coefficient (Wildman–Crippen LogP) is 1.80. The molecule has 58 valence electrons. The molecule has 2 fully saturated rings. The summed E-state index contributed by atoms with van der Waals surface area (Å²) in [5, 5.41) is 9.37. The molecule has 10 heavy (non-hydrogen) atoms. The monoisotopic (exact) mass is 140 g/mol. The van der Waals surface area contributed by atoms with Crippen molar-refractivity contribution in [3.63, 3.8) is 0 Å². The van der Waals surface area contributed by atoms with Gasteiger partial charge in [0.2, 0.25) is 0 Å². The van der Waals surface area contributed by atoms with E-state index < -0.39 is 0 Å². The second-order valence-corrected chi connectivity index (χ2v) is 4.08. The van der Waals surface area contributed by atoms with Gasteiger partial charge in [0.25, 0.3) is 0 Å². The lowest BCUT2D eigenvalue weighted by molar-refractivity contribution is 0.0905. The zero-order chi connectivity index (χ0) is 7.14. The van der Waals surface area contributed by atoms with Crippen molar-refractivity contribution in [1.29, 1.82) is 0 Å². The van der Waals surface area contributed by atoms with Gasteiger partial charge >= 0.3 is 0 Å². The first kappa shape index (κ1) is 6.66. The molecule has 0 aromatic rings. The van der Waals surface area contributed by atoms with E-state index in [0.29, 0.717) is 5.92 Å². The maximum Gasteiger partial charge on any atom is 0.0543 e. The van der Waals surface area contributed by atoms with Crippen LogP contribution in [0.3, 0.4) is 0 Å². The van der Waals surface area contributed by atoms with E-state index in [9.17, 15) is 5.11 Å². The first-order chi connectivity index (χ1) is 4.77. The minimum Gasteiger partial charge on any atom is -0.393 e. The normalized spacial score (nSPS) is 48.0. The van der Waals surface area contributed by atoms with Crippen LogP contribution < -0.4 is 0 Å². The van der Waals surface area contributed by atoms with Crippen LogP contribution in [-0.4, -0.2) is 11.2 Å². The van der Waals surface area contributed by atoms with Gasteiger partial charge in [-0.25, -0.2) is 0 Å². The Labute approximate surface area is 62.4 Å². The Morgan fingerprint density at radius 2 is 2.10 bits per heavy atom. The molecule has 0 heterocycles. The van der Waals surface area contributed by atoms with E-state index >= 15 is 0 Å². The van der Waals surface area contributed by atoms with Gasteiger partial charge in [-0.2, -0.15) is 0 Å². The van der Waals surface area contributed by atoms with Crippen molar-refractivity contribution in [2.45, 2.75) is 38.7 Å². The lowest BCUT2D eigenvalue weighted by Gasteiger charge is -2.23. The highest BCUT2D eigenvalue weighted by Gasteiger charge is 2.41. The molecular weight excluding hydrogens is 124 g/mol. The summed E-state index contributed by atoms with van der Waals surface area (Å²) in [4.78, 5) is 0. The molecule has 1 N–H and O–H groups in total. The van der Waals surface area contributed by atoms with Crippen LogP contribution in [0.2, 0.25) is 0 Å². The minimum atomic E-state index is -0.0460. The molecule has 1 nitrogen and oxygen atoms in total. The predicted molar refractivity (Wildman–Crippen MR) is 40.6 cm³/mol. The number of rotatable bonds is 1. The topological polar surface area (TPSA) is 20.2 Å². The van der Waals surface area contributed by atoms with E-state index in [2.05, 4.69) is 0 Å². The summed E-state index contributed by atoms with van der Waals surface area (Å²) >= 11 is 0. The maximum atomic E-state index is 9.37. The molecule has 0 radical (unpaired) electrons. The third-order valence-electron chi connectivity index (χ3n) is 3.41. The Balaban J connectivity index is 2.02. The molecule has 4 atom stereocenters. The molecule has 2 rings (SSSR count). The van der Waals surface area contributed by atoms with E-state index in [1.807, 2.05) is 6.92 Å². The van der Waals surface area contributed by atoms with Crippen molar-refractivity contribution >= 4 is 0 Å². The molecule has 2 bridgehead atoms. The number of aliphatic hydroxyl groups excluding tert-OH is 1. The number of hydrogen-bond acceptors (Lipinski definition) is 1. The highest BCUT2D eigenvalue weighted by Crippen LogP contribution is 2.49. The van der Waals surface area contributed by atoms with E-state index in [1.165, 1.54) is 25.7 Å². The first-order valence-electron chi connectivity index (χ1n) is 4.45. The standard InChI is InChI=1S/C9H16O/c1-6(10)9-5-7-2-3-8(9)4-7/h6-10H,2-5H2,1H3/t6-,7+,8-,9-/m0/s1. The maximum absolute atomic E-state index is 9.37. The molecule has 1 heteroatoms. The second-order valence-electron chi connectivity index (χ2n) is 4.08. The Bertz CT molecular complexity index is 131. The number of fused-ring (bicyclic) bond motifs is 2. The van der Waals surface area contributed by atoms with Crippen molar-refractivity contribution in [1.82, 2.24) is 0 Å². The molecule has 2 aliphatic rings. The van der Waals surface area contributed by atoms with E-state index in [-0.39, 0.29) is 6.10 Å². The summed E-state index contributed by atoms with van der Waals surface area (Å²) in [6, 6.07) is 0. The Morgan fingerprint density at radius 3 is 2.40 bits per heavy atom. The van der Waals surface area contributed by atoms with Crippen LogP contribution in [0.25, 0.3) is 0 Å². The molecule has 0 aromatic carbocycles. The van der Waals surface area contributed by atoms with Crippen LogP contribution in [0, 0.1) is 17.8 Å². The summed E-state index contributed by atoms with van der Waals surface area (Å²) in [5.74, 6) is 2.51. The van der Waals surface area contributed by atoms with Crippen LogP contribution in [-0.2, 0) is 0 Å². The lowest BCUT2D eigenvalue weighted by atomic mass is 9.85. The van der Waals surface area contributed by atoms with Crippen LogP contribution in [0.15, 0.2) is 0 Å². The third kappa shape index (κ3) is 0.878. The fourth-order valence-electron chi connectivity index (χ4n) is 2.88. The van der Waals surface area contributed by atoms with E-state index in [4.69, 9.17) is 0 Å². The van der Waals surface area contributed by atoms with E-state index in [1.54, 1.807) is 0 Å². The molecule has 0 amide bonds. The molecule has 0 aromatic heterocycles. The number of aliphatic hydroxyl groups is 1. The fourth-order valence-corrected chi connectivity index (χ4v) is 2.88. The highest BCUT2D eigenvalue weighted by atomic mass is 16.3. The smallest absolute Gasteiger partial charge is 0.0543 e. The van der Waals surface area contributed by atoms with Gasteiger partial charge in [-0.15, -0.1) is 0 Å². The lowest BCUT2D eigenvalue weighted by Crippen LogP contribution is -2.22. The minimum absolute atomic E-state index is 0.0460. The van der Waals surface area contributed by atoms with Gasteiger partial charge in [0.05, 0.1) is 6.10 Å². The molecule has 0 saturated heterocycles. The van der Waals surface area contributed by atoms with Gasteiger partial charge in [-0.1, -0.05) is 6.42 Å².